The van der Waals surface area contributed by atoms with Crippen LogP contribution in [0.3, 0.4) is 0 Å². The molecule has 0 amide bonds. The minimum Gasteiger partial charge on any atom is -0.266 e. The van der Waals surface area contributed by atoms with Crippen molar-refractivity contribution in [1.82, 2.24) is 0 Å². The summed E-state index contributed by atoms with van der Waals surface area (Å²) in [5.41, 5.74) is 0.366. The molecular weight excluding hydrogens is 117 g/mol. The molecule has 0 saturated heterocycles. The molecule has 0 radical (unpaired) electrons. The highest BCUT2D eigenvalue weighted by molar-refractivity contribution is 5.31. The Morgan fingerprint density at radius 1 is 1.78 bits per heavy atom. The molecule has 50 valence electrons. The Labute approximate surface area is 54.6 Å². The summed E-state index contributed by atoms with van der Waals surface area (Å²) in [5, 5.41) is 0. The number of hydrogen-bond acceptors (Lipinski definition) is 1. The molecular formula is C7H10FN. The fourth-order valence-electron chi connectivity index (χ4n) is 0.474. The fraction of sp³-hybridized carbons (Fsp3) is 0.286. The largest absolute Gasteiger partial charge is 0.266 e. The minimum absolute atomic E-state index is 0.366. The van der Waals surface area contributed by atoms with Crippen LogP contribution in [0.25, 0.3) is 0 Å². The number of rotatable bonds is 3. The second kappa shape index (κ2) is 4.01. The lowest BCUT2D eigenvalue weighted by molar-refractivity contribution is 0.646. The molecule has 0 aromatic carbocycles. The van der Waals surface area contributed by atoms with Gasteiger partial charge in [-0.3, -0.25) is 4.99 Å². The van der Waals surface area contributed by atoms with Crippen LogP contribution in [0.5, 0.6) is 0 Å². The molecule has 0 aliphatic rings. The van der Waals surface area contributed by atoms with E-state index in [1.807, 2.05) is 6.92 Å². The van der Waals surface area contributed by atoms with Crippen molar-refractivity contribution in [2.24, 2.45) is 4.99 Å². The number of allylic oxidation sites excluding steroid dienone is 3. The van der Waals surface area contributed by atoms with E-state index in [0.717, 1.165) is 6.08 Å². The summed E-state index contributed by atoms with van der Waals surface area (Å²) in [4.78, 5) is 3.46. The Hall–Kier alpha value is -0.920. The van der Waals surface area contributed by atoms with Crippen molar-refractivity contribution in [1.29, 1.82) is 0 Å². The maximum Gasteiger partial charge on any atom is 0.143 e. The van der Waals surface area contributed by atoms with Gasteiger partial charge in [0.05, 0.1) is 5.70 Å². The molecule has 0 fully saturated rings. The highest BCUT2D eigenvalue weighted by atomic mass is 19.1. The zero-order valence-electron chi connectivity index (χ0n) is 5.52. The van der Waals surface area contributed by atoms with Gasteiger partial charge < -0.3 is 0 Å². The van der Waals surface area contributed by atoms with Crippen LogP contribution in [-0.2, 0) is 0 Å². The van der Waals surface area contributed by atoms with E-state index < -0.39 is 0 Å². The first-order valence-electron chi connectivity index (χ1n) is 2.74. The van der Waals surface area contributed by atoms with Gasteiger partial charge in [-0.05, 0) is 19.2 Å². The van der Waals surface area contributed by atoms with Crippen molar-refractivity contribution in [3.05, 3.63) is 24.2 Å². The maximum atomic E-state index is 12.4. The van der Waals surface area contributed by atoms with Crippen LogP contribution < -0.4 is 0 Å². The van der Waals surface area contributed by atoms with Gasteiger partial charge in [-0.15, -0.1) is 0 Å². The van der Waals surface area contributed by atoms with Crippen molar-refractivity contribution in [3.8, 4) is 0 Å². The van der Waals surface area contributed by atoms with Crippen molar-refractivity contribution >= 4 is 6.72 Å². The number of aliphatic imine (C=N–C) groups is 1. The minimum atomic E-state index is -0.382. The van der Waals surface area contributed by atoms with E-state index >= 15 is 0 Å². The van der Waals surface area contributed by atoms with Crippen molar-refractivity contribution in [3.63, 3.8) is 0 Å². The first-order valence-corrected chi connectivity index (χ1v) is 2.74. The third-order valence-corrected chi connectivity index (χ3v) is 0.981. The third kappa shape index (κ3) is 2.22. The summed E-state index contributed by atoms with van der Waals surface area (Å²) >= 11 is 0. The van der Waals surface area contributed by atoms with Crippen molar-refractivity contribution in [2.75, 3.05) is 0 Å². The third-order valence-electron chi connectivity index (χ3n) is 0.981. The average Bonchev–Trinajstić information content (AvgIpc) is 1.90. The molecule has 0 atom stereocenters. The van der Waals surface area contributed by atoms with E-state index in [1.54, 1.807) is 0 Å². The van der Waals surface area contributed by atoms with E-state index in [0.29, 0.717) is 12.1 Å². The molecule has 0 N–H and O–H groups in total. The van der Waals surface area contributed by atoms with Crippen LogP contribution in [-0.4, -0.2) is 6.72 Å². The Morgan fingerprint density at radius 3 is 2.44 bits per heavy atom. The van der Waals surface area contributed by atoms with E-state index in [4.69, 9.17) is 0 Å². The fourth-order valence-corrected chi connectivity index (χ4v) is 0.474. The van der Waals surface area contributed by atoms with E-state index in [9.17, 15) is 4.39 Å². The molecule has 0 heterocycles. The average molecular weight is 127 g/mol. The first kappa shape index (κ1) is 8.08. The lowest BCUT2D eigenvalue weighted by atomic mass is 10.3. The van der Waals surface area contributed by atoms with Gasteiger partial charge in [-0.1, -0.05) is 13.5 Å². The lowest BCUT2D eigenvalue weighted by Gasteiger charge is -1.93. The second-order valence-corrected chi connectivity index (χ2v) is 1.51. The van der Waals surface area contributed by atoms with Gasteiger partial charge in [-0.2, -0.15) is 0 Å². The van der Waals surface area contributed by atoms with Crippen LogP contribution in [0.15, 0.2) is 29.2 Å². The molecule has 0 aromatic heterocycles. The van der Waals surface area contributed by atoms with E-state index in [1.165, 1.54) is 0 Å². The summed E-state index contributed by atoms with van der Waals surface area (Å²) < 4.78 is 12.4. The zero-order chi connectivity index (χ0) is 7.28. The Morgan fingerprint density at radius 2 is 2.33 bits per heavy atom. The standard InChI is InChI=1S/C7H10FN/c1-4-6(8)7(5-2)9-3/h4H,1,3,5H2,2H3/b7-6-. The molecule has 0 aliphatic carbocycles. The summed E-state index contributed by atoms with van der Waals surface area (Å²) in [6.07, 6.45) is 1.69. The number of nitrogens with zero attached hydrogens (tertiary/aromatic N) is 1. The normalized spacial score (nSPS) is 12.2. The Bertz CT molecular complexity index is 147. The van der Waals surface area contributed by atoms with E-state index in [2.05, 4.69) is 18.3 Å². The van der Waals surface area contributed by atoms with Crippen LogP contribution >= 0.6 is 0 Å². The SMILES string of the molecule is C=C/C(F)=C(\CC)N=C. The predicted octanol–water partition coefficient (Wildman–Crippen LogP) is 2.46. The topological polar surface area (TPSA) is 12.4 Å². The van der Waals surface area contributed by atoms with E-state index in [-0.39, 0.29) is 5.83 Å². The summed E-state index contributed by atoms with van der Waals surface area (Å²) in [7, 11) is 0. The van der Waals surface area contributed by atoms with Crippen LogP contribution in [0.4, 0.5) is 4.39 Å². The number of hydrogen-bond donors (Lipinski definition) is 0. The molecule has 0 spiro atoms. The second-order valence-electron chi connectivity index (χ2n) is 1.51. The molecule has 2 heteroatoms. The van der Waals surface area contributed by atoms with Gasteiger partial charge in [0, 0.05) is 0 Å². The zero-order valence-corrected chi connectivity index (χ0v) is 5.52. The summed E-state index contributed by atoms with van der Waals surface area (Å²) in [6.45, 7) is 8.27. The van der Waals surface area contributed by atoms with Crippen LogP contribution in [0, 0.1) is 0 Å². The monoisotopic (exact) mass is 127 g/mol. The summed E-state index contributed by atoms with van der Waals surface area (Å²) in [6, 6.07) is 0. The number of halogens is 1. The van der Waals surface area contributed by atoms with Gasteiger partial charge in [0.1, 0.15) is 5.83 Å². The van der Waals surface area contributed by atoms with Crippen LogP contribution in [0.1, 0.15) is 13.3 Å². The van der Waals surface area contributed by atoms with Crippen molar-refractivity contribution in [2.45, 2.75) is 13.3 Å². The predicted molar refractivity (Wildman–Crippen MR) is 38.2 cm³/mol. The molecule has 0 bridgehead atoms. The van der Waals surface area contributed by atoms with Gasteiger partial charge in [0.15, 0.2) is 0 Å². The van der Waals surface area contributed by atoms with Gasteiger partial charge in [0.25, 0.3) is 0 Å². The summed E-state index contributed by atoms with van der Waals surface area (Å²) in [5.74, 6) is -0.382. The Kier molecular flexibility index (Phi) is 3.60. The maximum absolute atomic E-state index is 12.4. The van der Waals surface area contributed by atoms with Crippen molar-refractivity contribution < 1.29 is 4.39 Å². The van der Waals surface area contributed by atoms with Crippen LogP contribution in [0.2, 0.25) is 0 Å². The molecule has 1 nitrogen and oxygen atoms in total. The molecule has 0 aliphatic heterocycles. The molecule has 0 saturated carbocycles. The molecule has 0 aromatic rings. The van der Waals surface area contributed by atoms with Gasteiger partial charge in [-0.25, -0.2) is 4.39 Å². The lowest BCUT2D eigenvalue weighted by Crippen LogP contribution is -1.76. The Balaban J connectivity index is 4.36. The quantitative estimate of drug-likeness (QED) is 0.408. The van der Waals surface area contributed by atoms with Gasteiger partial charge >= 0.3 is 0 Å². The highest BCUT2D eigenvalue weighted by Crippen LogP contribution is 2.10. The smallest absolute Gasteiger partial charge is 0.143 e. The molecule has 9 heavy (non-hydrogen) atoms. The first-order chi connectivity index (χ1) is 4.26. The highest BCUT2D eigenvalue weighted by Gasteiger charge is 1.94. The molecule has 0 rings (SSSR count). The van der Waals surface area contributed by atoms with Gasteiger partial charge in [0.2, 0.25) is 0 Å². The molecule has 0 unspecified atom stereocenters.